The van der Waals surface area contributed by atoms with E-state index < -0.39 is 5.97 Å². The lowest BCUT2D eigenvalue weighted by molar-refractivity contribution is 0.0696. The van der Waals surface area contributed by atoms with Crippen LogP contribution in [-0.4, -0.2) is 34.7 Å². The number of aryl methyl sites for hydroxylation is 1. The van der Waals surface area contributed by atoms with Crippen LogP contribution in [0.2, 0.25) is 0 Å². The summed E-state index contributed by atoms with van der Waals surface area (Å²) in [4.78, 5) is 22.2. The van der Waals surface area contributed by atoms with Crippen LogP contribution in [0.25, 0.3) is 0 Å². The number of hydrogen-bond donors (Lipinski definition) is 2. The van der Waals surface area contributed by atoms with Gasteiger partial charge in [-0.25, -0.2) is 9.78 Å². The first kappa shape index (κ1) is 18.0. The van der Waals surface area contributed by atoms with Crippen LogP contribution in [-0.2, 0) is 0 Å². The van der Waals surface area contributed by atoms with Gasteiger partial charge in [0.15, 0.2) is 0 Å². The van der Waals surface area contributed by atoms with Crippen LogP contribution in [0.3, 0.4) is 0 Å². The number of hydrogen-bond acceptors (Lipinski definition) is 6. The number of carbonyl (C=O) groups is 1. The molecule has 1 aromatic carbocycles. The highest BCUT2D eigenvalue weighted by atomic mass is 16.5. The van der Waals surface area contributed by atoms with Gasteiger partial charge in [0.05, 0.1) is 18.7 Å². The van der Waals surface area contributed by atoms with E-state index in [1.807, 2.05) is 13.0 Å². The molecule has 2 heterocycles. The zero-order chi connectivity index (χ0) is 18.7. The molecule has 0 amide bonds. The number of benzene rings is 1. The summed E-state index contributed by atoms with van der Waals surface area (Å²) in [5, 5.41) is 9.39. The first-order valence-corrected chi connectivity index (χ1v) is 8.78. The third-order valence-electron chi connectivity index (χ3n) is 4.74. The van der Waals surface area contributed by atoms with Gasteiger partial charge in [0.2, 0.25) is 5.95 Å². The number of aromatic nitrogens is 2. The molecule has 0 bridgehead atoms. The van der Waals surface area contributed by atoms with Crippen molar-refractivity contribution in [2.24, 2.45) is 0 Å². The van der Waals surface area contributed by atoms with Gasteiger partial charge in [-0.05, 0) is 38.0 Å². The molecular formula is C19H24N4O3. The molecule has 1 aliphatic rings. The van der Waals surface area contributed by atoms with Gasteiger partial charge >= 0.3 is 5.97 Å². The van der Waals surface area contributed by atoms with Crippen LogP contribution in [0, 0.1) is 6.92 Å². The Bertz CT molecular complexity index is 789. The van der Waals surface area contributed by atoms with Crippen LogP contribution < -0.4 is 15.4 Å². The van der Waals surface area contributed by atoms with Crippen LogP contribution >= 0.6 is 0 Å². The van der Waals surface area contributed by atoms with E-state index in [1.165, 1.54) is 0 Å². The van der Waals surface area contributed by atoms with Crippen LogP contribution in [0.5, 0.6) is 5.75 Å². The molecule has 1 aliphatic heterocycles. The number of nitrogens with two attached hydrogens (primary N) is 1. The molecule has 1 unspecified atom stereocenters. The molecule has 0 saturated carbocycles. The van der Waals surface area contributed by atoms with Gasteiger partial charge in [-0.15, -0.1) is 0 Å². The molecule has 2 aromatic rings. The summed E-state index contributed by atoms with van der Waals surface area (Å²) in [6, 6.07) is 6.89. The predicted octanol–water partition coefficient (Wildman–Crippen LogP) is 3.20. The van der Waals surface area contributed by atoms with E-state index >= 15 is 0 Å². The van der Waals surface area contributed by atoms with Gasteiger partial charge in [-0.3, -0.25) is 0 Å². The molecular weight excluding hydrogens is 332 g/mol. The monoisotopic (exact) mass is 356 g/mol. The normalized spacial score (nSPS) is 17.6. The fourth-order valence-corrected chi connectivity index (χ4v) is 3.56. The van der Waals surface area contributed by atoms with Gasteiger partial charge in [0.25, 0.3) is 0 Å². The molecule has 0 spiro atoms. The quantitative estimate of drug-likeness (QED) is 0.867. The Balaban J connectivity index is 2.09. The number of methoxy groups -OCH3 is 1. The van der Waals surface area contributed by atoms with Gasteiger partial charge in [-0.2, -0.15) is 4.98 Å². The van der Waals surface area contributed by atoms with E-state index in [0.717, 1.165) is 49.3 Å². The summed E-state index contributed by atoms with van der Waals surface area (Å²) in [7, 11) is 1.60. The minimum absolute atomic E-state index is 0.0274. The summed E-state index contributed by atoms with van der Waals surface area (Å²) < 4.78 is 5.53. The molecule has 0 aliphatic carbocycles. The number of anilines is 2. The Hall–Kier alpha value is -2.83. The fourth-order valence-electron chi connectivity index (χ4n) is 3.56. The van der Waals surface area contributed by atoms with Crippen molar-refractivity contribution in [3.8, 4) is 5.75 Å². The summed E-state index contributed by atoms with van der Waals surface area (Å²) in [5.41, 5.74) is 7.78. The van der Waals surface area contributed by atoms with E-state index in [9.17, 15) is 9.90 Å². The maximum absolute atomic E-state index is 11.5. The lowest BCUT2D eigenvalue weighted by atomic mass is 9.97. The first-order valence-electron chi connectivity index (χ1n) is 8.78. The second kappa shape index (κ2) is 7.59. The summed E-state index contributed by atoms with van der Waals surface area (Å²) in [6.07, 6.45) is 4.11. The number of nitrogen functional groups attached to an aromatic ring is 1. The second-order valence-corrected chi connectivity index (χ2v) is 6.55. The molecule has 7 nitrogen and oxygen atoms in total. The van der Waals surface area contributed by atoms with E-state index in [4.69, 9.17) is 10.5 Å². The Morgan fingerprint density at radius 1 is 1.27 bits per heavy atom. The molecule has 138 valence electrons. The molecule has 3 rings (SSSR count). The lowest BCUT2D eigenvalue weighted by Gasteiger charge is -2.32. The molecule has 0 radical (unpaired) electrons. The zero-order valence-corrected chi connectivity index (χ0v) is 15.1. The second-order valence-electron chi connectivity index (χ2n) is 6.55. The summed E-state index contributed by atoms with van der Waals surface area (Å²) >= 11 is 0. The summed E-state index contributed by atoms with van der Waals surface area (Å²) in [6.45, 7) is 2.71. The largest absolute Gasteiger partial charge is 0.496 e. The van der Waals surface area contributed by atoms with E-state index in [0.29, 0.717) is 5.75 Å². The molecule has 1 aromatic heterocycles. The van der Waals surface area contributed by atoms with Crippen molar-refractivity contribution in [3.05, 3.63) is 41.1 Å². The van der Waals surface area contributed by atoms with E-state index in [1.54, 1.807) is 25.3 Å². The Morgan fingerprint density at radius 2 is 2.08 bits per heavy atom. The smallest absolute Gasteiger partial charge is 0.335 e. The maximum Gasteiger partial charge on any atom is 0.335 e. The standard InChI is InChI=1S/C19H24N4O3/c1-12-10-17(22-19(20)21-12)23-9-5-3-4-6-15(23)14-11-13(18(24)25)7-8-16(14)26-2/h7-8,10-11,15H,3-6,9H2,1-2H3,(H,24,25)(H2,20,21,22). The highest BCUT2D eigenvalue weighted by molar-refractivity contribution is 5.88. The number of carboxylic acid groups (broad SMARTS) is 1. The molecule has 1 saturated heterocycles. The topological polar surface area (TPSA) is 102 Å². The van der Waals surface area contributed by atoms with E-state index in [-0.39, 0.29) is 17.6 Å². The minimum Gasteiger partial charge on any atom is -0.496 e. The van der Waals surface area contributed by atoms with E-state index in [2.05, 4.69) is 14.9 Å². The first-order chi connectivity index (χ1) is 12.5. The minimum atomic E-state index is -0.948. The highest BCUT2D eigenvalue weighted by Crippen LogP contribution is 2.38. The van der Waals surface area contributed by atoms with Crippen LogP contribution in [0.15, 0.2) is 24.3 Å². The molecule has 1 atom stereocenters. The van der Waals surface area contributed by atoms with Gasteiger partial charge in [0, 0.05) is 23.9 Å². The third kappa shape index (κ3) is 3.71. The predicted molar refractivity (Wildman–Crippen MR) is 99.7 cm³/mol. The van der Waals surface area contributed by atoms with Crippen molar-refractivity contribution >= 4 is 17.7 Å². The number of carboxylic acids is 1. The summed E-state index contributed by atoms with van der Waals surface area (Å²) in [5.74, 6) is 0.751. The average molecular weight is 356 g/mol. The average Bonchev–Trinajstić information content (AvgIpc) is 2.86. The van der Waals surface area contributed by atoms with Gasteiger partial charge in [0.1, 0.15) is 11.6 Å². The number of nitrogens with zero attached hydrogens (tertiary/aromatic N) is 3. The fraction of sp³-hybridized carbons (Fsp3) is 0.421. The Kier molecular flexibility index (Phi) is 5.25. The van der Waals surface area contributed by atoms with Crippen LogP contribution in [0.1, 0.15) is 53.3 Å². The van der Waals surface area contributed by atoms with Gasteiger partial charge in [-0.1, -0.05) is 12.8 Å². The Morgan fingerprint density at radius 3 is 2.77 bits per heavy atom. The third-order valence-corrected chi connectivity index (χ3v) is 4.74. The zero-order valence-electron chi connectivity index (χ0n) is 15.1. The van der Waals surface area contributed by atoms with Crippen molar-refractivity contribution < 1.29 is 14.6 Å². The SMILES string of the molecule is COc1ccc(C(=O)O)cc1C1CCCCCN1c1cc(C)nc(N)n1. The number of aromatic carboxylic acids is 1. The van der Waals surface area contributed by atoms with Crippen LogP contribution in [0.4, 0.5) is 11.8 Å². The molecule has 7 heteroatoms. The van der Waals surface area contributed by atoms with Crippen molar-refractivity contribution in [2.75, 3.05) is 24.3 Å². The van der Waals surface area contributed by atoms with Crippen molar-refractivity contribution in [3.63, 3.8) is 0 Å². The van der Waals surface area contributed by atoms with Crippen molar-refractivity contribution in [1.82, 2.24) is 9.97 Å². The molecule has 1 fully saturated rings. The van der Waals surface area contributed by atoms with Crippen molar-refractivity contribution in [1.29, 1.82) is 0 Å². The maximum atomic E-state index is 11.5. The highest BCUT2D eigenvalue weighted by Gasteiger charge is 2.27. The number of ether oxygens (including phenoxy) is 1. The lowest BCUT2D eigenvalue weighted by Crippen LogP contribution is -2.30. The number of rotatable bonds is 4. The molecule has 26 heavy (non-hydrogen) atoms. The Labute approximate surface area is 152 Å². The van der Waals surface area contributed by atoms with Crippen molar-refractivity contribution in [2.45, 2.75) is 38.6 Å². The molecule has 3 N–H and O–H groups in total. The van der Waals surface area contributed by atoms with Gasteiger partial charge < -0.3 is 20.5 Å².